The zero-order valence-corrected chi connectivity index (χ0v) is 15.1. The third-order valence-corrected chi connectivity index (χ3v) is 5.91. The summed E-state index contributed by atoms with van der Waals surface area (Å²) in [5.41, 5.74) is -0.832. The summed E-state index contributed by atoms with van der Waals surface area (Å²) in [5.74, 6) is -5.91. The van der Waals surface area contributed by atoms with Crippen LogP contribution in [0.15, 0.2) is 39.6 Å². The number of ether oxygens (including phenoxy) is 1. The molecule has 0 N–H and O–H groups in total. The first-order valence-corrected chi connectivity index (χ1v) is 9.44. The van der Waals surface area contributed by atoms with Gasteiger partial charge in [-0.2, -0.15) is 19.3 Å². The fraction of sp³-hybridized carbons (Fsp3) is 0.167. The maximum atomic E-state index is 14.1. The first-order chi connectivity index (χ1) is 13.7. The first kappa shape index (κ1) is 20.3. The predicted molar refractivity (Wildman–Crippen MR) is 91.0 cm³/mol. The van der Waals surface area contributed by atoms with Crippen molar-refractivity contribution in [2.24, 2.45) is 4.36 Å². The van der Waals surface area contributed by atoms with Crippen LogP contribution >= 0.6 is 0 Å². The van der Waals surface area contributed by atoms with E-state index in [0.717, 1.165) is 30.5 Å². The Morgan fingerprint density at radius 2 is 1.97 bits per heavy atom. The largest absolute Gasteiger partial charge is 0.457 e. The van der Waals surface area contributed by atoms with Gasteiger partial charge >= 0.3 is 5.76 Å². The van der Waals surface area contributed by atoms with Gasteiger partial charge in [-0.15, -0.1) is 4.36 Å². The number of Topliss-reactive ketones (excluding diaryl/α,β-unsaturated/α-hetero) is 1. The lowest BCUT2D eigenvalue weighted by molar-refractivity contribution is 0.0896. The summed E-state index contributed by atoms with van der Waals surface area (Å²) in [7, 11) is -4.64. The predicted octanol–water partition coefficient (Wildman–Crippen LogP) is 4.10. The number of nitrogens with zero attached hydrogens (tertiary/aromatic N) is 3. The van der Waals surface area contributed by atoms with Gasteiger partial charge in [0.1, 0.15) is 17.3 Å². The van der Waals surface area contributed by atoms with Crippen LogP contribution in [0.1, 0.15) is 21.5 Å². The molecule has 0 aromatic heterocycles. The van der Waals surface area contributed by atoms with Crippen molar-refractivity contribution in [1.82, 2.24) is 0 Å². The molecule has 2 unspecified atom stereocenters. The average Bonchev–Trinajstić information content (AvgIpc) is 2.97. The number of ketones is 1. The molecule has 0 amide bonds. The second-order valence-electron chi connectivity index (χ2n) is 5.86. The van der Waals surface area contributed by atoms with Gasteiger partial charge in [-0.05, 0) is 24.3 Å². The SMILES string of the molecule is N#CN=S(=O)(c1ccc(Oc2cc(F)cc(C#N)c2)c2c1C(=O)C(F)C2)C(F)F. The van der Waals surface area contributed by atoms with Gasteiger partial charge in [0.25, 0.3) is 0 Å². The van der Waals surface area contributed by atoms with Gasteiger partial charge in [0.05, 0.1) is 16.5 Å². The molecule has 6 nitrogen and oxygen atoms in total. The molecule has 0 fully saturated rings. The van der Waals surface area contributed by atoms with Crippen LogP contribution in [0.25, 0.3) is 0 Å². The highest BCUT2D eigenvalue weighted by Gasteiger charge is 2.40. The van der Waals surface area contributed by atoms with Crippen molar-refractivity contribution in [3.63, 3.8) is 0 Å². The molecular weight excluding hydrogens is 414 g/mol. The Morgan fingerprint density at radius 1 is 1.24 bits per heavy atom. The van der Waals surface area contributed by atoms with Gasteiger partial charge < -0.3 is 4.74 Å². The molecule has 0 spiro atoms. The molecular formula is C18H9F4N3O3S. The Kier molecular flexibility index (Phi) is 5.27. The summed E-state index contributed by atoms with van der Waals surface area (Å²) < 4.78 is 75.3. The molecule has 0 saturated carbocycles. The van der Waals surface area contributed by atoms with Gasteiger partial charge in [0.15, 0.2) is 21.7 Å². The molecule has 1 aliphatic rings. The number of nitriles is 2. The minimum atomic E-state index is -4.64. The molecule has 0 radical (unpaired) electrons. The van der Waals surface area contributed by atoms with Gasteiger partial charge in [0, 0.05) is 23.6 Å². The number of hydrogen-bond donors (Lipinski definition) is 0. The molecule has 0 bridgehead atoms. The van der Waals surface area contributed by atoms with Crippen molar-refractivity contribution < 1.29 is 31.3 Å². The van der Waals surface area contributed by atoms with E-state index in [0.29, 0.717) is 0 Å². The van der Waals surface area contributed by atoms with E-state index < -0.39 is 50.1 Å². The number of carbonyl (C=O) groups is 1. The summed E-state index contributed by atoms with van der Waals surface area (Å²) in [6.45, 7) is 0. The number of rotatable bonds is 4. The van der Waals surface area contributed by atoms with E-state index in [1.54, 1.807) is 6.07 Å². The zero-order valence-electron chi connectivity index (χ0n) is 14.2. The minimum absolute atomic E-state index is 0.0683. The Hall–Kier alpha value is -3.44. The van der Waals surface area contributed by atoms with Crippen LogP contribution in [0.3, 0.4) is 0 Å². The number of alkyl halides is 3. The first-order valence-electron chi connectivity index (χ1n) is 7.86. The second kappa shape index (κ2) is 7.53. The van der Waals surface area contributed by atoms with Gasteiger partial charge in [-0.3, -0.25) is 4.79 Å². The molecule has 3 rings (SSSR count). The molecule has 0 heterocycles. The van der Waals surface area contributed by atoms with E-state index in [-0.39, 0.29) is 22.6 Å². The van der Waals surface area contributed by atoms with Crippen LogP contribution in [0.5, 0.6) is 11.5 Å². The minimum Gasteiger partial charge on any atom is -0.457 e. The smallest absolute Gasteiger partial charge is 0.324 e. The van der Waals surface area contributed by atoms with Gasteiger partial charge in [0.2, 0.25) is 6.19 Å². The highest BCUT2D eigenvalue weighted by molar-refractivity contribution is 7.94. The maximum Gasteiger partial charge on any atom is 0.324 e. The summed E-state index contributed by atoms with van der Waals surface area (Å²) in [4.78, 5) is 11.5. The highest BCUT2D eigenvalue weighted by atomic mass is 32.2. The van der Waals surface area contributed by atoms with Crippen molar-refractivity contribution in [3.8, 4) is 23.8 Å². The van der Waals surface area contributed by atoms with E-state index in [2.05, 4.69) is 4.36 Å². The van der Waals surface area contributed by atoms with E-state index in [1.807, 2.05) is 0 Å². The van der Waals surface area contributed by atoms with Crippen molar-refractivity contribution >= 4 is 15.5 Å². The van der Waals surface area contributed by atoms with Crippen molar-refractivity contribution in [3.05, 3.63) is 52.8 Å². The highest BCUT2D eigenvalue weighted by Crippen LogP contribution is 2.40. The standard InChI is InChI=1S/C18H9F4N3O3S/c19-10-3-9(7-23)4-11(5-10)28-14-1-2-15(29(27,18(21)22)25-8-24)16-12(14)6-13(20)17(16)26/h1-5,13,18H,6H2. The molecule has 2 aromatic rings. The Labute approximate surface area is 162 Å². The number of halogens is 4. The fourth-order valence-electron chi connectivity index (χ4n) is 2.91. The third kappa shape index (κ3) is 3.52. The van der Waals surface area contributed by atoms with Crippen LogP contribution in [-0.4, -0.2) is 21.9 Å². The van der Waals surface area contributed by atoms with Crippen LogP contribution in [0.2, 0.25) is 0 Å². The molecule has 0 aliphatic heterocycles. The molecule has 148 valence electrons. The maximum absolute atomic E-state index is 14.1. The van der Waals surface area contributed by atoms with Crippen molar-refractivity contribution in [2.75, 3.05) is 0 Å². The molecule has 0 saturated heterocycles. The van der Waals surface area contributed by atoms with Gasteiger partial charge in [-0.25, -0.2) is 13.0 Å². The molecule has 1 aliphatic carbocycles. The van der Waals surface area contributed by atoms with Crippen molar-refractivity contribution in [1.29, 1.82) is 10.5 Å². The Balaban J connectivity index is 2.20. The van der Waals surface area contributed by atoms with E-state index in [4.69, 9.17) is 15.3 Å². The van der Waals surface area contributed by atoms with E-state index >= 15 is 0 Å². The monoisotopic (exact) mass is 423 g/mol. The van der Waals surface area contributed by atoms with Crippen LogP contribution < -0.4 is 4.74 Å². The number of benzene rings is 2. The number of hydrogen-bond acceptors (Lipinski definition) is 6. The lowest BCUT2D eigenvalue weighted by Crippen LogP contribution is -2.17. The zero-order chi connectivity index (χ0) is 21.3. The molecule has 2 atom stereocenters. The Bertz CT molecular complexity index is 1220. The quantitative estimate of drug-likeness (QED) is 0.544. The second-order valence-corrected chi connectivity index (χ2v) is 7.98. The Morgan fingerprint density at radius 3 is 2.59 bits per heavy atom. The average molecular weight is 423 g/mol. The lowest BCUT2D eigenvalue weighted by atomic mass is 10.1. The molecule has 2 aromatic carbocycles. The summed E-state index contributed by atoms with van der Waals surface area (Å²) in [6, 6.07) is 6.66. The topological polar surface area (TPSA) is 103 Å². The van der Waals surface area contributed by atoms with Crippen molar-refractivity contribution in [2.45, 2.75) is 23.2 Å². The fourth-order valence-corrected chi connectivity index (χ4v) is 4.18. The van der Waals surface area contributed by atoms with E-state index in [1.165, 1.54) is 6.07 Å². The van der Waals surface area contributed by atoms with Gasteiger partial charge in [-0.1, -0.05) is 0 Å². The normalized spacial score (nSPS) is 17.2. The number of carbonyl (C=O) groups excluding carboxylic acids is 1. The summed E-state index contributed by atoms with van der Waals surface area (Å²) in [6.07, 6.45) is -1.61. The van der Waals surface area contributed by atoms with Crippen LogP contribution in [0, 0.1) is 28.6 Å². The van der Waals surface area contributed by atoms with Crippen LogP contribution in [0.4, 0.5) is 17.6 Å². The third-order valence-electron chi connectivity index (χ3n) is 4.11. The summed E-state index contributed by atoms with van der Waals surface area (Å²) >= 11 is 0. The lowest BCUT2D eigenvalue weighted by Gasteiger charge is -2.15. The van der Waals surface area contributed by atoms with E-state index in [9.17, 15) is 26.6 Å². The van der Waals surface area contributed by atoms with Crippen LogP contribution in [-0.2, 0) is 16.1 Å². The molecule has 29 heavy (non-hydrogen) atoms. The molecule has 11 heteroatoms. The number of fused-ring (bicyclic) bond motifs is 1. The summed E-state index contributed by atoms with van der Waals surface area (Å²) in [5, 5.41) is 17.5.